The maximum absolute atomic E-state index is 14.2. The number of benzene rings is 5. The Kier molecular flexibility index (Phi) is 8.82. The van der Waals surface area contributed by atoms with Crippen molar-refractivity contribution in [3.63, 3.8) is 0 Å². The second-order valence-electron chi connectivity index (χ2n) is 11.7. The first-order chi connectivity index (χ1) is 23.6. The average molecular weight is 797 g/mol. The standard InChI is InChI=1S/C38H28Br2N4O4S/c1-23-7-18-30(19-8-23)49(47,48)43-29-16-11-26(12-17-29)38(46)44-34(24-9-13-27(39)14-10-24)22-33(42-44)36-35(25-5-3-2-4-6-25)31-21-28(40)15-20-32(31)41-37(36)45/h2-21,34,43H,22H2,1H3,(H,41,45)/t34-/m0/s1. The lowest BCUT2D eigenvalue weighted by atomic mass is 9.91. The first kappa shape index (κ1) is 32.7. The summed E-state index contributed by atoms with van der Waals surface area (Å²) in [6.45, 7) is 1.88. The van der Waals surface area contributed by atoms with Crippen molar-refractivity contribution in [2.45, 2.75) is 24.3 Å². The van der Waals surface area contributed by atoms with Crippen LogP contribution in [0.25, 0.3) is 22.0 Å². The van der Waals surface area contributed by atoms with E-state index in [-0.39, 0.29) is 10.5 Å². The monoisotopic (exact) mass is 794 g/mol. The van der Waals surface area contributed by atoms with Crippen molar-refractivity contribution in [3.8, 4) is 11.1 Å². The molecule has 1 aromatic heterocycles. The molecule has 5 aromatic carbocycles. The van der Waals surface area contributed by atoms with E-state index < -0.39 is 22.0 Å². The number of H-pyrrole nitrogens is 1. The number of anilines is 1. The lowest BCUT2D eigenvalue weighted by molar-refractivity contribution is 0.0711. The highest BCUT2D eigenvalue weighted by Crippen LogP contribution is 2.38. The highest BCUT2D eigenvalue weighted by molar-refractivity contribution is 9.10. The third-order valence-electron chi connectivity index (χ3n) is 8.42. The van der Waals surface area contributed by atoms with Crippen LogP contribution < -0.4 is 10.3 Å². The number of rotatable bonds is 7. The molecule has 1 amide bonds. The van der Waals surface area contributed by atoms with Crippen LogP contribution in [0.5, 0.6) is 0 Å². The van der Waals surface area contributed by atoms with Gasteiger partial charge in [0.05, 0.1) is 22.2 Å². The average Bonchev–Trinajstić information content (AvgIpc) is 3.53. The molecule has 244 valence electrons. The van der Waals surface area contributed by atoms with E-state index in [2.05, 4.69) is 41.6 Å². The van der Waals surface area contributed by atoms with Crippen LogP contribution in [0, 0.1) is 6.92 Å². The zero-order chi connectivity index (χ0) is 34.3. The van der Waals surface area contributed by atoms with Crippen molar-refractivity contribution >= 4 is 70.1 Å². The number of nitrogens with one attached hydrogen (secondary N) is 2. The van der Waals surface area contributed by atoms with E-state index >= 15 is 0 Å². The first-order valence-electron chi connectivity index (χ1n) is 15.3. The second kappa shape index (κ2) is 13.2. The minimum Gasteiger partial charge on any atom is -0.321 e. The fourth-order valence-corrected chi connectivity index (χ4v) is 7.67. The summed E-state index contributed by atoms with van der Waals surface area (Å²) in [6, 6.07) is 35.3. The van der Waals surface area contributed by atoms with Gasteiger partial charge in [0.2, 0.25) is 0 Å². The Balaban J connectivity index is 1.29. The van der Waals surface area contributed by atoms with E-state index in [0.717, 1.165) is 36.6 Å². The predicted molar refractivity (Wildman–Crippen MR) is 200 cm³/mol. The number of aromatic amines is 1. The van der Waals surface area contributed by atoms with E-state index in [4.69, 9.17) is 5.10 Å². The molecule has 0 radical (unpaired) electrons. The smallest absolute Gasteiger partial charge is 0.274 e. The molecule has 11 heteroatoms. The van der Waals surface area contributed by atoms with Gasteiger partial charge < -0.3 is 4.98 Å². The molecule has 0 fully saturated rings. The number of halogens is 2. The van der Waals surface area contributed by atoms with Crippen molar-refractivity contribution in [2.24, 2.45) is 5.10 Å². The van der Waals surface area contributed by atoms with Gasteiger partial charge in [0.15, 0.2) is 0 Å². The molecule has 0 spiro atoms. The van der Waals surface area contributed by atoms with Crippen molar-refractivity contribution in [3.05, 3.63) is 163 Å². The number of carbonyl (C=O) groups excluding carboxylic acids is 1. The van der Waals surface area contributed by atoms with Crippen molar-refractivity contribution in [1.29, 1.82) is 0 Å². The lowest BCUT2D eigenvalue weighted by Gasteiger charge is -2.22. The molecule has 0 saturated heterocycles. The van der Waals surface area contributed by atoms with Gasteiger partial charge in [0.25, 0.3) is 21.5 Å². The summed E-state index contributed by atoms with van der Waals surface area (Å²) in [7, 11) is -3.82. The molecule has 1 aliphatic heterocycles. The molecule has 6 aromatic rings. The van der Waals surface area contributed by atoms with Crippen LogP contribution in [-0.4, -0.2) is 30.0 Å². The van der Waals surface area contributed by atoms with Crippen LogP contribution in [0.4, 0.5) is 5.69 Å². The maximum Gasteiger partial charge on any atom is 0.274 e. The van der Waals surface area contributed by atoms with E-state index in [1.54, 1.807) is 48.5 Å². The summed E-state index contributed by atoms with van der Waals surface area (Å²) < 4.78 is 30.2. The van der Waals surface area contributed by atoms with E-state index in [9.17, 15) is 18.0 Å². The van der Waals surface area contributed by atoms with Crippen molar-refractivity contribution in [1.82, 2.24) is 9.99 Å². The zero-order valence-corrected chi connectivity index (χ0v) is 30.0. The Hall–Kier alpha value is -4.84. The molecule has 7 rings (SSSR count). The minimum absolute atomic E-state index is 0.139. The molecule has 8 nitrogen and oxygen atoms in total. The van der Waals surface area contributed by atoms with Gasteiger partial charge in [0.1, 0.15) is 0 Å². The quantitative estimate of drug-likeness (QED) is 0.168. The number of hydrazone groups is 1. The molecule has 1 atom stereocenters. The summed E-state index contributed by atoms with van der Waals surface area (Å²) in [5, 5.41) is 7.12. The van der Waals surface area contributed by atoms with Crippen LogP contribution >= 0.6 is 31.9 Å². The summed E-state index contributed by atoms with van der Waals surface area (Å²) in [5.74, 6) is -0.392. The van der Waals surface area contributed by atoms with Crippen LogP contribution in [0.15, 0.2) is 145 Å². The zero-order valence-electron chi connectivity index (χ0n) is 26.0. The third-order valence-corrected chi connectivity index (χ3v) is 10.8. The van der Waals surface area contributed by atoms with Crippen LogP contribution in [-0.2, 0) is 10.0 Å². The Labute approximate surface area is 299 Å². The molecular weight excluding hydrogens is 768 g/mol. The highest BCUT2D eigenvalue weighted by Gasteiger charge is 2.36. The molecule has 0 saturated carbocycles. The Morgan fingerprint density at radius 1 is 0.837 bits per heavy atom. The summed E-state index contributed by atoms with van der Waals surface area (Å²) in [4.78, 5) is 31.3. The Morgan fingerprint density at radius 2 is 1.51 bits per heavy atom. The van der Waals surface area contributed by atoms with Crippen LogP contribution in [0.1, 0.15) is 39.5 Å². The van der Waals surface area contributed by atoms with Gasteiger partial charge in [-0.3, -0.25) is 14.3 Å². The van der Waals surface area contributed by atoms with Gasteiger partial charge in [-0.05, 0) is 84.8 Å². The number of carbonyl (C=O) groups is 1. The van der Waals surface area contributed by atoms with Gasteiger partial charge in [0, 0.05) is 43.1 Å². The number of fused-ring (bicyclic) bond motifs is 1. The summed E-state index contributed by atoms with van der Waals surface area (Å²) in [6.07, 6.45) is 0.296. The van der Waals surface area contributed by atoms with Crippen molar-refractivity contribution < 1.29 is 13.2 Å². The molecule has 0 bridgehead atoms. The maximum atomic E-state index is 14.2. The topological polar surface area (TPSA) is 112 Å². The normalized spacial score (nSPS) is 14.6. The SMILES string of the molecule is Cc1ccc(S(=O)(=O)Nc2ccc(C(=O)N3N=C(c4c(-c5ccccc5)c5cc(Br)ccc5[nH]c4=O)C[C@H]3c3ccc(Br)cc3)cc2)cc1. The van der Waals surface area contributed by atoms with E-state index in [0.29, 0.717) is 34.5 Å². The lowest BCUT2D eigenvalue weighted by Crippen LogP contribution is -2.27. The molecule has 2 heterocycles. The first-order valence-corrected chi connectivity index (χ1v) is 18.4. The second-order valence-corrected chi connectivity index (χ2v) is 15.2. The number of sulfonamides is 1. The fraction of sp³-hybridized carbons (Fsp3) is 0.0789. The molecule has 2 N–H and O–H groups in total. The number of hydrogen-bond acceptors (Lipinski definition) is 5. The van der Waals surface area contributed by atoms with E-state index in [1.165, 1.54) is 5.01 Å². The molecule has 0 aliphatic carbocycles. The van der Waals surface area contributed by atoms with Gasteiger partial charge >= 0.3 is 0 Å². The van der Waals surface area contributed by atoms with E-state index in [1.807, 2.05) is 79.7 Å². The summed E-state index contributed by atoms with van der Waals surface area (Å²) >= 11 is 7.08. The molecule has 49 heavy (non-hydrogen) atoms. The van der Waals surface area contributed by atoms with Crippen LogP contribution in [0.2, 0.25) is 0 Å². The van der Waals surface area contributed by atoms with Gasteiger partial charge in [-0.1, -0.05) is 92.0 Å². The van der Waals surface area contributed by atoms with Gasteiger partial charge in [-0.15, -0.1) is 0 Å². The molecule has 1 aliphatic rings. The van der Waals surface area contributed by atoms with Gasteiger partial charge in [-0.25, -0.2) is 13.4 Å². The fourth-order valence-electron chi connectivity index (χ4n) is 5.98. The number of amides is 1. The van der Waals surface area contributed by atoms with Crippen molar-refractivity contribution in [2.75, 3.05) is 4.72 Å². The number of pyridine rings is 1. The largest absolute Gasteiger partial charge is 0.321 e. The summed E-state index contributed by atoms with van der Waals surface area (Å²) in [5.41, 5.74) is 5.26. The minimum atomic E-state index is -3.82. The third kappa shape index (κ3) is 6.61. The number of hydrogen-bond donors (Lipinski definition) is 2. The Morgan fingerprint density at radius 3 is 2.20 bits per heavy atom. The Bertz CT molecular complexity index is 2410. The molecule has 0 unspecified atom stereocenters. The van der Waals surface area contributed by atoms with Crippen LogP contribution in [0.3, 0.4) is 0 Å². The van der Waals surface area contributed by atoms with Gasteiger partial charge in [-0.2, -0.15) is 5.10 Å². The number of aromatic nitrogens is 1. The molecular formula is C38H28Br2N4O4S. The predicted octanol–water partition coefficient (Wildman–Crippen LogP) is 8.82. The highest BCUT2D eigenvalue weighted by atomic mass is 79.9. The number of aryl methyl sites for hydroxylation is 1. The number of nitrogens with zero attached hydrogens (tertiary/aromatic N) is 2.